The molecule has 0 aromatic heterocycles. The maximum atomic E-state index is 13.9. The number of alkyl halides is 1. The molecule has 6 aliphatic rings. The number of piperidine rings is 1. The lowest BCUT2D eigenvalue weighted by Gasteiger charge is -2.44. The molecule has 0 bridgehead atoms. The number of likely N-dealkylation sites (tertiary alicyclic amines) is 1. The fourth-order valence-electron chi connectivity index (χ4n) is 8.30. The van der Waals surface area contributed by atoms with Gasteiger partial charge in [-0.05, 0) is 87.7 Å². The van der Waals surface area contributed by atoms with Gasteiger partial charge in [-0.15, -0.1) is 0 Å². The lowest BCUT2D eigenvalue weighted by atomic mass is 9.72. The summed E-state index contributed by atoms with van der Waals surface area (Å²) in [6.07, 6.45) is 14.0. The van der Waals surface area contributed by atoms with Crippen molar-refractivity contribution in [2.75, 3.05) is 39.3 Å². The molecule has 1 N–H and O–H groups in total. The van der Waals surface area contributed by atoms with Gasteiger partial charge in [-0.25, -0.2) is 4.39 Å². The lowest BCUT2D eigenvalue weighted by molar-refractivity contribution is -0.132. The Kier molecular flexibility index (Phi) is 9.02. The summed E-state index contributed by atoms with van der Waals surface area (Å²) >= 11 is 0. The fraction of sp³-hybridized carbons (Fsp3) is 0.765. The summed E-state index contributed by atoms with van der Waals surface area (Å²) in [7, 11) is 0. The minimum Gasteiger partial charge on any atom is -0.387 e. The number of hydrogen-bond acceptors (Lipinski definition) is 5. The van der Waals surface area contributed by atoms with E-state index in [1.54, 1.807) is 0 Å². The van der Waals surface area contributed by atoms with E-state index in [0.717, 1.165) is 69.1 Å². The number of nitrogens with zero attached hydrogens (tertiary/aromatic N) is 2. The van der Waals surface area contributed by atoms with Gasteiger partial charge >= 0.3 is 0 Å². The SMILES string of the molecule is CCOC1C=C(C2=CC[C@H](F)CC2)[C@@H](C2CC2)C[C@H]1CN1CCC(N2CCC3=C(C[C@H](C(=O)CC)CN3)C2=O)CC1. The highest BCUT2D eigenvalue weighted by Crippen LogP contribution is 2.50. The standard InChI is InChI=1S/C34H50FN3O3/c1-3-32(39)24-17-30-31(36-20-24)13-16-38(34(30)40)27-11-14-37(15-12-27)21-25-18-28(22-5-6-22)29(19-33(25)41-4-2)23-7-9-26(35)10-8-23/h7,19,22,24-28,33,36H,3-6,8-18,20-21H2,1-2H3/t24-,25-,26-,28+,33?/m0/s1. The van der Waals surface area contributed by atoms with Gasteiger partial charge in [-0.1, -0.05) is 19.1 Å². The van der Waals surface area contributed by atoms with Crippen molar-refractivity contribution in [3.8, 4) is 0 Å². The molecule has 3 heterocycles. The van der Waals surface area contributed by atoms with E-state index in [1.165, 1.54) is 30.4 Å². The molecule has 7 heteroatoms. The van der Waals surface area contributed by atoms with Gasteiger partial charge in [0, 0.05) is 81.3 Å². The van der Waals surface area contributed by atoms with Crippen LogP contribution < -0.4 is 5.32 Å². The first-order chi connectivity index (χ1) is 19.9. The second kappa shape index (κ2) is 12.7. The van der Waals surface area contributed by atoms with Crippen LogP contribution in [0.4, 0.5) is 4.39 Å². The number of carbonyl (C=O) groups is 2. The Labute approximate surface area is 245 Å². The highest BCUT2D eigenvalue weighted by molar-refractivity contribution is 5.96. The molecule has 6 nitrogen and oxygen atoms in total. The zero-order valence-electron chi connectivity index (χ0n) is 25.2. The Hall–Kier alpha value is -1.99. The molecule has 2 fully saturated rings. The molecule has 5 atom stereocenters. The van der Waals surface area contributed by atoms with Gasteiger partial charge in [-0.2, -0.15) is 0 Å². The first kappa shape index (κ1) is 29.1. The second-order valence-corrected chi connectivity index (χ2v) is 13.4. The summed E-state index contributed by atoms with van der Waals surface area (Å²) < 4.78 is 20.2. The zero-order valence-corrected chi connectivity index (χ0v) is 25.2. The van der Waals surface area contributed by atoms with Crippen LogP contribution in [0, 0.1) is 23.7 Å². The van der Waals surface area contributed by atoms with Crippen LogP contribution in [0.1, 0.15) is 84.5 Å². The molecule has 6 rings (SSSR count). The van der Waals surface area contributed by atoms with Crippen molar-refractivity contribution in [2.24, 2.45) is 23.7 Å². The summed E-state index contributed by atoms with van der Waals surface area (Å²) in [5, 5.41) is 3.42. The van der Waals surface area contributed by atoms with E-state index in [9.17, 15) is 14.0 Å². The van der Waals surface area contributed by atoms with Crippen molar-refractivity contribution in [3.63, 3.8) is 0 Å². The van der Waals surface area contributed by atoms with Crippen LogP contribution in [0.5, 0.6) is 0 Å². The Morgan fingerprint density at radius 2 is 1.90 bits per heavy atom. The van der Waals surface area contributed by atoms with Crippen LogP contribution in [0.3, 0.4) is 0 Å². The van der Waals surface area contributed by atoms with Gasteiger partial charge in [-0.3, -0.25) is 9.59 Å². The number of allylic oxidation sites excluding steroid dienone is 3. The third-order valence-electron chi connectivity index (χ3n) is 10.8. The number of hydrogen-bond donors (Lipinski definition) is 1. The normalized spacial score (nSPS) is 33.7. The molecule has 1 amide bonds. The van der Waals surface area contributed by atoms with Crippen LogP contribution in [-0.4, -0.2) is 79.1 Å². The van der Waals surface area contributed by atoms with Crippen LogP contribution >= 0.6 is 0 Å². The monoisotopic (exact) mass is 567 g/mol. The summed E-state index contributed by atoms with van der Waals surface area (Å²) in [6.45, 7) is 9.25. The van der Waals surface area contributed by atoms with Crippen molar-refractivity contribution in [2.45, 2.75) is 103 Å². The van der Waals surface area contributed by atoms with E-state index in [4.69, 9.17) is 4.74 Å². The largest absolute Gasteiger partial charge is 0.387 e. The minimum atomic E-state index is -0.679. The maximum absolute atomic E-state index is 13.9. The molecular formula is C34H50FN3O3. The summed E-state index contributed by atoms with van der Waals surface area (Å²) in [6, 6.07) is 0.285. The van der Waals surface area contributed by atoms with Crippen LogP contribution in [0.2, 0.25) is 0 Å². The highest BCUT2D eigenvalue weighted by Gasteiger charge is 2.43. The highest BCUT2D eigenvalue weighted by atomic mass is 19.1. The summed E-state index contributed by atoms with van der Waals surface area (Å²) in [5.74, 6) is 2.21. The molecule has 1 saturated heterocycles. The van der Waals surface area contributed by atoms with Crippen LogP contribution in [0.15, 0.2) is 34.6 Å². The van der Waals surface area contributed by atoms with E-state index < -0.39 is 6.17 Å². The molecule has 1 unspecified atom stereocenters. The number of amides is 1. The average molecular weight is 568 g/mol. The number of ether oxygens (including phenoxy) is 1. The van der Waals surface area contributed by atoms with E-state index in [-0.39, 0.29) is 29.8 Å². The van der Waals surface area contributed by atoms with Gasteiger partial charge < -0.3 is 19.9 Å². The number of nitrogens with one attached hydrogen (secondary N) is 1. The topological polar surface area (TPSA) is 61.9 Å². The zero-order chi connectivity index (χ0) is 28.5. The number of halogens is 1. The molecule has 3 aliphatic heterocycles. The van der Waals surface area contributed by atoms with Gasteiger partial charge in [0.15, 0.2) is 0 Å². The van der Waals surface area contributed by atoms with Crippen molar-refractivity contribution >= 4 is 11.7 Å². The fourth-order valence-corrected chi connectivity index (χ4v) is 8.30. The Bertz CT molecular complexity index is 1090. The van der Waals surface area contributed by atoms with E-state index in [0.29, 0.717) is 50.7 Å². The van der Waals surface area contributed by atoms with Crippen molar-refractivity contribution in [1.82, 2.24) is 15.1 Å². The first-order valence-corrected chi connectivity index (χ1v) is 16.6. The van der Waals surface area contributed by atoms with Gasteiger partial charge in [0.05, 0.1) is 6.10 Å². The van der Waals surface area contributed by atoms with Crippen molar-refractivity contribution < 1.29 is 18.7 Å². The molecular weight excluding hydrogens is 517 g/mol. The molecule has 0 aromatic rings. The lowest BCUT2D eigenvalue weighted by Crippen LogP contribution is -2.53. The Morgan fingerprint density at radius 3 is 2.59 bits per heavy atom. The predicted molar refractivity (Wildman–Crippen MR) is 159 cm³/mol. The number of ketones is 1. The number of Topliss-reactive ketones (excluding diaryl/α,β-unsaturated/α-hetero) is 1. The molecule has 41 heavy (non-hydrogen) atoms. The quantitative estimate of drug-likeness (QED) is 0.407. The van der Waals surface area contributed by atoms with Gasteiger partial charge in [0.2, 0.25) is 0 Å². The Balaban J connectivity index is 1.08. The molecule has 0 aromatic carbocycles. The maximum Gasteiger partial charge on any atom is 0.251 e. The first-order valence-electron chi connectivity index (χ1n) is 16.6. The summed E-state index contributed by atoms with van der Waals surface area (Å²) in [5.41, 5.74) is 4.81. The third-order valence-corrected chi connectivity index (χ3v) is 10.8. The number of rotatable bonds is 9. The van der Waals surface area contributed by atoms with Crippen LogP contribution in [-0.2, 0) is 14.3 Å². The predicted octanol–water partition coefficient (Wildman–Crippen LogP) is 5.35. The Morgan fingerprint density at radius 1 is 1.10 bits per heavy atom. The van der Waals surface area contributed by atoms with E-state index in [2.05, 4.69) is 34.2 Å². The summed E-state index contributed by atoms with van der Waals surface area (Å²) in [4.78, 5) is 30.6. The van der Waals surface area contributed by atoms with E-state index >= 15 is 0 Å². The van der Waals surface area contributed by atoms with Gasteiger partial charge in [0.1, 0.15) is 12.0 Å². The molecule has 1 saturated carbocycles. The third kappa shape index (κ3) is 6.36. The van der Waals surface area contributed by atoms with Gasteiger partial charge in [0.25, 0.3) is 5.91 Å². The molecule has 0 radical (unpaired) electrons. The molecule has 226 valence electrons. The minimum absolute atomic E-state index is 0.0673. The smallest absolute Gasteiger partial charge is 0.251 e. The van der Waals surface area contributed by atoms with Crippen molar-refractivity contribution in [3.05, 3.63) is 34.6 Å². The van der Waals surface area contributed by atoms with Crippen molar-refractivity contribution in [1.29, 1.82) is 0 Å². The molecule has 0 spiro atoms. The average Bonchev–Trinajstić information content (AvgIpc) is 3.84. The second-order valence-electron chi connectivity index (χ2n) is 13.4. The molecule has 3 aliphatic carbocycles. The number of carbonyl (C=O) groups excluding carboxylic acids is 2. The van der Waals surface area contributed by atoms with Crippen LogP contribution in [0.25, 0.3) is 0 Å². The van der Waals surface area contributed by atoms with E-state index in [1.807, 2.05) is 6.92 Å².